The highest BCUT2D eigenvalue weighted by atomic mass is 15.2. The molecular formula is C40H32N2. The van der Waals surface area contributed by atoms with Crippen LogP contribution in [0, 0.1) is 0 Å². The Hall–Kier alpha value is -5.08. The molecule has 7 aromatic rings. The van der Waals surface area contributed by atoms with E-state index >= 15 is 0 Å². The van der Waals surface area contributed by atoms with Crippen LogP contribution in [0.3, 0.4) is 0 Å². The average Bonchev–Trinajstić information content (AvgIpc) is 3.53. The zero-order valence-electron chi connectivity index (χ0n) is 24.0. The fourth-order valence-electron chi connectivity index (χ4n) is 6.79. The van der Waals surface area contributed by atoms with Crippen molar-refractivity contribution in [1.29, 1.82) is 0 Å². The SMILES string of the molecule is CC1(C)CN(c2ccc(-c3cccc(-c4ccc(-n5c6ccccc6c6ccccc65)cc4)c3)cc2)c2ccccc21. The summed E-state index contributed by atoms with van der Waals surface area (Å²) in [6.45, 7) is 5.66. The van der Waals surface area contributed by atoms with Crippen molar-refractivity contribution in [1.82, 2.24) is 4.57 Å². The minimum atomic E-state index is 0.140. The van der Waals surface area contributed by atoms with Crippen molar-refractivity contribution in [3.63, 3.8) is 0 Å². The summed E-state index contributed by atoms with van der Waals surface area (Å²) in [7, 11) is 0. The van der Waals surface area contributed by atoms with Crippen LogP contribution >= 0.6 is 0 Å². The van der Waals surface area contributed by atoms with Crippen molar-refractivity contribution >= 4 is 33.2 Å². The second kappa shape index (κ2) is 9.49. The molecule has 6 aromatic carbocycles. The number of rotatable bonds is 4. The van der Waals surface area contributed by atoms with Gasteiger partial charge in [-0.2, -0.15) is 0 Å². The smallest absolute Gasteiger partial charge is 0.0541 e. The number of hydrogen-bond donors (Lipinski definition) is 0. The summed E-state index contributed by atoms with van der Waals surface area (Å²) < 4.78 is 2.37. The summed E-state index contributed by atoms with van der Waals surface area (Å²) in [6.07, 6.45) is 0. The lowest BCUT2D eigenvalue weighted by atomic mass is 9.87. The van der Waals surface area contributed by atoms with Crippen LogP contribution in [0.15, 0.2) is 146 Å². The van der Waals surface area contributed by atoms with E-state index in [1.807, 2.05) is 0 Å². The number of aromatic nitrogens is 1. The molecule has 0 bridgehead atoms. The first-order valence-electron chi connectivity index (χ1n) is 14.7. The molecule has 0 saturated carbocycles. The maximum absolute atomic E-state index is 2.45. The first-order chi connectivity index (χ1) is 20.6. The Labute approximate surface area is 247 Å². The molecule has 1 aliphatic rings. The third kappa shape index (κ3) is 3.94. The highest BCUT2D eigenvalue weighted by molar-refractivity contribution is 6.09. The molecule has 8 rings (SSSR count). The minimum absolute atomic E-state index is 0.140. The van der Waals surface area contributed by atoms with E-state index in [2.05, 4.69) is 169 Å². The molecule has 0 amide bonds. The van der Waals surface area contributed by atoms with E-state index in [4.69, 9.17) is 0 Å². The lowest BCUT2D eigenvalue weighted by Gasteiger charge is -2.23. The number of benzene rings is 6. The molecule has 42 heavy (non-hydrogen) atoms. The van der Waals surface area contributed by atoms with Crippen LogP contribution in [0.5, 0.6) is 0 Å². The normalized spacial score (nSPS) is 14.0. The minimum Gasteiger partial charge on any atom is -0.340 e. The number of anilines is 2. The Balaban J connectivity index is 1.10. The van der Waals surface area contributed by atoms with Crippen LogP contribution < -0.4 is 4.90 Å². The van der Waals surface area contributed by atoms with Gasteiger partial charge in [0, 0.05) is 39.8 Å². The standard InChI is InChI=1S/C40H32N2/c1-40(2)27-41(39-17-8-5-14-36(39)40)32-22-18-28(19-23-32)30-10-9-11-31(26-30)29-20-24-33(25-21-29)42-37-15-6-3-12-34(37)35-13-4-7-16-38(35)42/h3-26H,27H2,1-2H3. The lowest BCUT2D eigenvalue weighted by molar-refractivity contribution is 0.569. The van der Waals surface area contributed by atoms with E-state index < -0.39 is 0 Å². The van der Waals surface area contributed by atoms with Gasteiger partial charge < -0.3 is 9.47 Å². The van der Waals surface area contributed by atoms with Gasteiger partial charge in [-0.25, -0.2) is 0 Å². The highest BCUT2D eigenvalue weighted by Gasteiger charge is 2.35. The van der Waals surface area contributed by atoms with Gasteiger partial charge in [0.1, 0.15) is 0 Å². The van der Waals surface area contributed by atoms with Gasteiger partial charge in [0.05, 0.1) is 11.0 Å². The lowest BCUT2D eigenvalue weighted by Crippen LogP contribution is -2.24. The largest absolute Gasteiger partial charge is 0.340 e. The van der Waals surface area contributed by atoms with Crippen molar-refractivity contribution in [2.24, 2.45) is 0 Å². The van der Waals surface area contributed by atoms with E-state index in [0.29, 0.717) is 0 Å². The predicted molar refractivity (Wildman–Crippen MR) is 178 cm³/mol. The topological polar surface area (TPSA) is 8.17 Å². The Morgan fingerprint density at radius 2 is 1.00 bits per heavy atom. The van der Waals surface area contributed by atoms with Crippen LogP contribution in [0.1, 0.15) is 19.4 Å². The highest BCUT2D eigenvalue weighted by Crippen LogP contribution is 2.44. The average molecular weight is 541 g/mol. The van der Waals surface area contributed by atoms with E-state index in [9.17, 15) is 0 Å². The second-order valence-corrected chi connectivity index (χ2v) is 12.0. The van der Waals surface area contributed by atoms with Crippen LogP contribution in [-0.4, -0.2) is 11.1 Å². The first kappa shape index (κ1) is 24.7. The molecule has 0 radical (unpaired) electrons. The summed E-state index contributed by atoms with van der Waals surface area (Å²) in [4.78, 5) is 2.45. The van der Waals surface area contributed by atoms with Gasteiger partial charge >= 0.3 is 0 Å². The molecule has 0 saturated heterocycles. The van der Waals surface area contributed by atoms with Crippen molar-refractivity contribution in [3.05, 3.63) is 151 Å². The third-order valence-corrected chi connectivity index (χ3v) is 8.89. The Kier molecular flexibility index (Phi) is 5.58. The van der Waals surface area contributed by atoms with Crippen molar-refractivity contribution in [2.45, 2.75) is 19.3 Å². The number of para-hydroxylation sites is 3. The number of fused-ring (bicyclic) bond motifs is 4. The summed E-state index contributed by atoms with van der Waals surface area (Å²) >= 11 is 0. The summed E-state index contributed by atoms with van der Waals surface area (Å²) in [6, 6.07) is 53.0. The van der Waals surface area contributed by atoms with Gasteiger partial charge in [-0.05, 0) is 76.3 Å². The predicted octanol–water partition coefficient (Wildman–Crippen LogP) is 10.5. The molecule has 2 heterocycles. The Morgan fingerprint density at radius 1 is 0.476 bits per heavy atom. The number of nitrogens with zero attached hydrogens (tertiary/aromatic N) is 2. The van der Waals surface area contributed by atoms with E-state index in [1.54, 1.807) is 0 Å². The summed E-state index contributed by atoms with van der Waals surface area (Å²) in [5.74, 6) is 0. The summed E-state index contributed by atoms with van der Waals surface area (Å²) in [5.41, 5.74) is 12.7. The Bertz CT molecular complexity index is 2020. The molecular weight excluding hydrogens is 508 g/mol. The quantitative estimate of drug-likeness (QED) is 0.216. The van der Waals surface area contributed by atoms with Gasteiger partial charge in [0.15, 0.2) is 0 Å². The van der Waals surface area contributed by atoms with Crippen LogP contribution in [0.2, 0.25) is 0 Å². The molecule has 202 valence electrons. The molecule has 0 fully saturated rings. The molecule has 0 unspecified atom stereocenters. The Morgan fingerprint density at radius 3 is 1.62 bits per heavy atom. The van der Waals surface area contributed by atoms with E-state index in [-0.39, 0.29) is 5.41 Å². The van der Waals surface area contributed by atoms with Crippen LogP contribution in [-0.2, 0) is 5.41 Å². The maximum atomic E-state index is 2.45. The molecule has 2 nitrogen and oxygen atoms in total. The molecule has 2 heteroatoms. The van der Waals surface area contributed by atoms with Crippen molar-refractivity contribution in [2.75, 3.05) is 11.4 Å². The van der Waals surface area contributed by atoms with Crippen molar-refractivity contribution < 1.29 is 0 Å². The van der Waals surface area contributed by atoms with E-state index in [1.165, 1.54) is 66.7 Å². The monoisotopic (exact) mass is 540 g/mol. The van der Waals surface area contributed by atoms with E-state index in [0.717, 1.165) is 6.54 Å². The fourth-order valence-corrected chi connectivity index (χ4v) is 6.79. The zero-order chi connectivity index (χ0) is 28.3. The fraction of sp³-hybridized carbons (Fsp3) is 0.100. The molecule has 1 aromatic heterocycles. The first-order valence-corrected chi connectivity index (χ1v) is 14.7. The molecule has 0 aliphatic carbocycles. The van der Waals surface area contributed by atoms with Gasteiger partial charge in [-0.3, -0.25) is 0 Å². The van der Waals surface area contributed by atoms with Gasteiger partial charge in [-0.15, -0.1) is 0 Å². The van der Waals surface area contributed by atoms with Gasteiger partial charge in [-0.1, -0.05) is 111 Å². The van der Waals surface area contributed by atoms with Crippen LogP contribution in [0.25, 0.3) is 49.7 Å². The van der Waals surface area contributed by atoms with Gasteiger partial charge in [0.2, 0.25) is 0 Å². The van der Waals surface area contributed by atoms with Gasteiger partial charge in [0.25, 0.3) is 0 Å². The number of hydrogen-bond acceptors (Lipinski definition) is 1. The maximum Gasteiger partial charge on any atom is 0.0541 e. The summed E-state index contributed by atoms with van der Waals surface area (Å²) in [5, 5.41) is 2.57. The molecule has 0 spiro atoms. The second-order valence-electron chi connectivity index (χ2n) is 12.0. The molecule has 0 atom stereocenters. The van der Waals surface area contributed by atoms with Crippen LogP contribution in [0.4, 0.5) is 11.4 Å². The third-order valence-electron chi connectivity index (χ3n) is 8.89. The molecule has 1 aliphatic heterocycles. The molecule has 0 N–H and O–H groups in total. The zero-order valence-corrected chi connectivity index (χ0v) is 24.0. The van der Waals surface area contributed by atoms with Crippen molar-refractivity contribution in [3.8, 4) is 27.9 Å².